The Morgan fingerprint density at radius 2 is 1.51 bits per heavy atom. The number of rotatable bonds is 2. The molecule has 0 aliphatic rings. The highest BCUT2D eigenvalue weighted by Crippen LogP contribution is 2.41. The van der Waals surface area contributed by atoms with Gasteiger partial charge in [0, 0.05) is 34.6 Å². The van der Waals surface area contributed by atoms with E-state index in [2.05, 4.69) is 42.5 Å². The van der Waals surface area contributed by atoms with Gasteiger partial charge in [-0.2, -0.15) is 0 Å². The predicted octanol–water partition coefficient (Wildman–Crippen LogP) is 8.59. The first kappa shape index (κ1) is 16.9. The molecule has 2 heterocycles. The molecule has 0 saturated heterocycles. The Labute approximate surface area is 213 Å². The van der Waals surface area contributed by atoms with Gasteiger partial charge in [0.25, 0.3) is 0 Å². The normalized spacial score (nSPS) is 15.3. The molecule has 6 aromatic rings. The molecule has 0 spiro atoms. The first-order valence-electron chi connectivity index (χ1n) is 14.5. The number of hydrogen-bond donors (Lipinski definition) is 0. The van der Waals surface area contributed by atoms with Gasteiger partial charge in [-0.05, 0) is 65.0 Å². The summed E-state index contributed by atoms with van der Waals surface area (Å²) in [5, 5.41) is 6.46. The van der Waals surface area contributed by atoms with Crippen molar-refractivity contribution < 1.29 is 15.8 Å². The third-order valence-electron chi connectivity index (χ3n) is 6.78. The molecule has 2 nitrogen and oxygen atoms in total. The second-order valence-electron chi connectivity index (χ2n) is 10.5. The molecular formula is C33H32NO+. The number of fused-ring (bicyclic) bond motifs is 7. The fraction of sp³-hybridized carbons (Fsp3) is 0.242. The highest BCUT2D eigenvalue weighted by molar-refractivity contribution is 6.21. The third-order valence-corrected chi connectivity index (χ3v) is 6.78. The molecule has 2 heteroatoms. The fourth-order valence-corrected chi connectivity index (χ4v) is 5.21. The van der Waals surface area contributed by atoms with Crippen molar-refractivity contribution in [3.8, 4) is 11.3 Å². The summed E-state index contributed by atoms with van der Waals surface area (Å²) in [5.41, 5.74) is 3.37. The molecule has 2 aromatic heterocycles. The lowest BCUT2D eigenvalue weighted by molar-refractivity contribution is -0.660. The first-order valence-corrected chi connectivity index (χ1v) is 12.0. The van der Waals surface area contributed by atoms with E-state index >= 15 is 0 Å². The van der Waals surface area contributed by atoms with Crippen LogP contribution in [0, 0.1) is 19.2 Å². The van der Waals surface area contributed by atoms with Gasteiger partial charge in [0.15, 0.2) is 6.20 Å². The van der Waals surface area contributed by atoms with E-state index in [-0.39, 0.29) is 11.1 Å². The van der Waals surface area contributed by atoms with Crippen LogP contribution >= 0.6 is 0 Å². The Morgan fingerprint density at radius 3 is 2.31 bits per heavy atom. The number of aromatic nitrogens is 1. The van der Waals surface area contributed by atoms with E-state index in [4.69, 9.17) is 11.3 Å². The van der Waals surface area contributed by atoms with Crippen LogP contribution in [0.5, 0.6) is 0 Å². The molecule has 0 aliphatic carbocycles. The van der Waals surface area contributed by atoms with Gasteiger partial charge >= 0.3 is 0 Å². The standard InChI is InChI=1S/C33H32NO/c1-20-11-13-28-27-16-15-25-24-10-8-7-9-22(24)12-14-26(25)31(27)35-32(28)30(20)29-17-23(18-33(3,4)5)21(2)19-34(29)6/h7-17,19H,18H2,1-6H3/q+1/i2D3,18D2. The number of benzene rings is 4. The minimum absolute atomic E-state index is 0.0194. The largest absolute Gasteiger partial charge is 0.454 e. The average molecular weight is 464 g/mol. The van der Waals surface area contributed by atoms with Gasteiger partial charge in [-0.1, -0.05) is 69.3 Å². The van der Waals surface area contributed by atoms with Crippen LogP contribution in [0.15, 0.2) is 77.3 Å². The molecule has 0 bridgehead atoms. The van der Waals surface area contributed by atoms with Gasteiger partial charge in [0.05, 0.1) is 5.56 Å². The van der Waals surface area contributed by atoms with Gasteiger partial charge in [0.2, 0.25) is 5.69 Å². The van der Waals surface area contributed by atoms with E-state index in [1.165, 1.54) is 10.8 Å². The lowest BCUT2D eigenvalue weighted by Crippen LogP contribution is -2.32. The Hall–Kier alpha value is -3.65. The zero-order valence-electron chi connectivity index (χ0n) is 25.8. The van der Waals surface area contributed by atoms with E-state index in [1.807, 2.05) is 32.2 Å². The minimum Gasteiger partial charge on any atom is -0.454 e. The zero-order valence-corrected chi connectivity index (χ0v) is 20.8. The first-order chi connectivity index (χ1) is 18.7. The molecule has 0 amide bonds. The van der Waals surface area contributed by atoms with Crippen molar-refractivity contribution >= 4 is 43.5 Å². The highest BCUT2D eigenvalue weighted by Gasteiger charge is 2.24. The Morgan fingerprint density at radius 1 is 0.829 bits per heavy atom. The minimum atomic E-state index is -2.47. The Kier molecular flexibility index (Phi) is 3.71. The van der Waals surface area contributed by atoms with Gasteiger partial charge in [-0.3, -0.25) is 0 Å². The van der Waals surface area contributed by atoms with Crippen molar-refractivity contribution in [1.29, 1.82) is 0 Å². The highest BCUT2D eigenvalue weighted by atomic mass is 16.3. The summed E-state index contributed by atoms with van der Waals surface area (Å²) in [5.74, 6) is 0. The van der Waals surface area contributed by atoms with Crippen LogP contribution in [0.1, 0.15) is 44.3 Å². The summed E-state index contributed by atoms with van der Waals surface area (Å²) in [7, 11) is 1.81. The molecule has 35 heavy (non-hydrogen) atoms. The molecule has 4 aromatic carbocycles. The van der Waals surface area contributed by atoms with Crippen molar-refractivity contribution in [2.45, 2.75) is 40.9 Å². The SMILES string of the molecule is [2H]C([2H])([2H])c1c[n+](C)c(-c2c(C)ccc3c2oc2c3ccc3c4ccccc4ccc32)cc1C([2H])([2H])C(C)(C)C. The van der Waals surface area contributed by atoms with Gasteiger partial charge in [0.1, 0.15) is 18.2 Å². The quantitative estimate of drug-likeness (QED) is 0.186. The van der Waals surface area contributed by atoms with Crippen LogP contribution in [0.25, 0.3) is 54.7 Å². The molecule has 0 N–H and O–H groups in total. The topological polar surface area (TPSA) is 17.0 Å². The van der Waals surface area contributed by atoms with E-state index in [9.17, 15) is 0 Å². The lowest BCUT2D eigenvalue weighted by Gasteiger charge is -2.19. The molecule has 6 rings (SSSR count). The molecule has 0 aliphatic heterocycles. The van der Waals surface area contributed by atoms with Crippen LogP contribution in [0.3, 0.4) is 0 Å². The molecule has 0 fully saturated rings. The van der Waals surface area contributed by atoms with Gasteiger partial charge in [-0.15, -0.1) is 0 Å². The van der Waals surface area contributed by atoms with Crippen molar-refractivity contribution in [3.05, 3.63) is 89.6 Å². The second kappa shape index (κ2) is 7.68. The van der Waals surface area contributed by atoms with Crippen LogP contribution in [0.2, 0.25) is 0 Å². The number of nitrogens with zero attached hydrogens (tertiary/aromatic N) is 1. The van der Waals surface area contributed by atoms with Crippen molar-refractivity contribution in [3.63, 3.8) is 0 Å². The number of pyridine rings is 1. The summed E-state index contributed by atoms with van der Waals surface area (Å²) in [6, 6.07) is 22.6. The smallest absolute Gasteiger partial charge is 0.216 e. The predicted molar refractivity (Wildman–Crippen MR) is 148 cm³/mol. The van der Waals surface area contributed by atoms with E-state index in [0.717, 1.165) is 38.3 Å². The van der Waals surface area contributed by atoms with Crippen LogP contribution in [-0.4, -0.2) is 0 Å². The molecular weight excluding hydrogens is 426 g/mol. The van der Waals surface area contributed by atoms with E-state index < -0.39 is 18.6 Å². The number of furan rings is 1. The van der Waals surface area contributed by atoms with E-state index in [1.54, 1.807) is 37.6 Å². The third kappa shape index (κ3) is 3.51. The maximum absolute atomic E-state index is 9.01. The van der Waals surface area contributed by atoms with Crippen molar-refractivity contribution in [2.24, 2.45) is 12.5 Å². The van der Waals surface area contributed by atoms with Crippen molar-refractivity contribution in [2.75, 3.05) is 0 Å². The van der Waals surface area contributed by atoms with E-state index in [0.29, 0.717) is 11.3 Å². The summed E-state index contributed by atoms with van der Waals surface area (Å²) < 4.78 is 51.1. The lowest BCUT2D eigenvalue weighted by atomic mass is 9.86. The van der Waals surface area contributed by atoms with Crippen LogP contribution < -0.4 is 4.57 Å². The summed E-state index contributed by atoms with van der Waals surface area (Å²) in [6.45, 7) is 4.92. The summed E-state index contributed by atoms with van der Waals surface area (Å²) in [6.07, 6.45) is -0.337. The van der Waals surface area contributed by atoms with Crippen LogP contribution in [0.4, 0.5) is 0 Å². The molecule has 174 valence electrons. The number of hydrogen-bond acceptors (Lipinski definition) is 1. The van der Waals surface area contributed by atoms with Gasteiger partial charge < -0.3 is 4.42 Å². The number of aryl methyl sites for hydroxylation is 3. The summed E-state index contributed by atoms with van der Waals surface area (Å²) in [4.78, 5) is 0. The monoisotopic (exact) mass is 463 g/mol. The zero-order chi connectivity index (χ0) is 28.8. The maximum Gasteiger partial charge on any atom is 0.216 e. The molecule has 0 atom stereocenters. The van der Waals surface area contributed by atoms with Crippen LogP contribution in [-0.2, 0) is 13.4 Å². The molecule has 0 unspecified atom stereocenters. The fourth-order valence-electron chi connectivity index (χ4n) is 5.21. The second-order valence-corrected chi connectivity index (χ2v) is 10.5. The Balaban J connectivity index is 1.70. The van der Waals surface area contributed by atoms with Gasteiger partial charge in [-0.25, -0.2) is 4.57 Å². The average Bonchev–Trinajstić information content (AvgIpc) is 3.26. The Bertz CT molecular complexity index is 1980. The summed E-state index contributed by atoms with van der Waals surface area (Å²) >= 11 is 0. The molecule has 0 radical (unpaired) electrons. The van der Waals surface area contributed by atoms with Crippen molar-refractivity contribution in [1.82, 2.24) is 0 Å². The molecule has 0 saturated carbocycles. The maximum atomic E-state index is 9.01.